The maximum absolute atomic E-state index is 5.29. The molecule has 0 aliphatic carbocycles. The van der Waals surface area contributed by atoms with E-state index in [9.17, 15) is 0 Å². The molecular weight excluding hydrogens is 236 g/mol. The minimum Gasteiger partial charge on any atom is -0.497 e. The van der Waals surface area contributed by atoms with Gasteiger partial charge in [0.1, 0.15) is 5.75 Å². The zero-order valence-electron chi connectivity index (χ0n) is 12.5. The molecule has 3 heteroatoms. The van der Waals surface area contributed by atoms with E-state index in [4.69, 9.17) is 4.74 Å². The largest absolute Gasteiger partial charge is 0.497 e. The fourth-order valence-corrected chi connectivity index (χ4v) is 2.80. The molecule has 1 saturated heterocycles. The highest BCUT2D eigenvalue weighted by atomic mass is 16.5. The molecule has 2 rings (SSSR count). The first kappa shape index (κ1) is 14.4. The molecule has 0 bridgehead atoms. The van der Waals surface area contributed by atoms with Gasteiger partial charge in [-0.1, -0.05) is 12.1 Å². The van der Waals surface area contributed by atoms with E-state index in [1.54, 1.807) is 7.11 Å². The van der Waals surface area contributed by atoms with Crippen LogP contribution in [0.3, 0.4) is 0 Å². The standard InChI is InChI=1S/C16H26N2O/c1-12-10-15(8-9-18(12)3)17-13(2)14-6-5-7-16(11-14)19-4/h5-7,11-13,15,17H,8-10H2,1-4H3/t12?,13-,15?/m0/s1. The fourth-order valence-electron chi connectivity index (χ4n) is 2.80. The van der Waals surface area contributed by atoms with E-state index in [1.165, 1.54) is 24.9 Å². The zero-order chi connectivity index (χ0) is 13.8. The summed E-state index contributed by atoms with van der Waals surface area (Å²) in [4.78, 5) is 2.44. The Morgan fingerprint density at radius 2 is 2.21 bits per heavy atom. The summed E-state index contributed by atoms with van der Waals surface area (Å²) in [6.07, 6.45) is 2.46. The first-order valence-electron chi connectivity index (χ1n) is 7.20. The Morgan fingerprint density at radius 3 is 2.89 bits per heavy atom. The normalized spacial score (nSPS) is 26.1. The quantitative estimate of drug-likeness (QED) is 0.903. The van der Waals surface area contributed by atoms with Crippen molar-refractivity contribution in [3.63, 3.8) is 0 Å². The number of likely N-dealkylation sites (tertiary alicyclic amines) is 1. The molecule has 106 valence electrons. The Hall–Kier alpha value is -1.06. The van der Waals surface area contributed by atoms with Gasteiger partial charge in [-0.15, -0.1) is 0 Å². The van der Waals surface area contributed by atoms with E-state index in [0.717, 1.165) is 5.75 Å². The van der Waals surface area contributed by atoms with Crippen molar-refractivity contribution in [1.29, 1.82) is 0 Å². The number of methoxy groups -OCH3 is 1. The monoisotopic (exact) mass is 262 g/mol. The van der Waals surface area contributed by atoms with Gasteiger partial charge < -0.3 is 15.0 Å². The Morgan fingerprint density at radius 1 is 1.42 bits per heavy atom. The number of benzene rings is 1. The second-order valence-corrected chi connectivity index (χ2v) is 5.72. The van der Waals surface area contributed by atoms with Crippen molar-refractivity contribution in [3.8, 4) is 5.75 Å². The van der Waals surface area contributed by atoms with Crippen molar-refractivity contribution in [2.24, 2.45) is 0 Å². The minimum atomic E-state index is 0.371. The van der Waals surface area contributed by atoms with E-state index in [2.05, 4.69) is 49.3 Å². The van der Waals surface area contributed by atoms with Gasteiger partial charge in [0.05, 0.1) is 7.11 Å². The average molecular weight is 262 g/mol. The third kappa shape index (κ3) is 3.71. The molecule has 0 aromatic heterocycles. The van der Waals surface area contributed by atoms with Gasteiger partial charge in [-0.25, -0.2) is 0 Å². The molecule has 1 N–H and O–H groups in total. The number of nitrogens with zero attached hydrogens (tertiary/aromatic N) is 1. The average Bonchev–Trinajstić information content (AvgIpc) is 2.43. The first-order chi connectivity index (χ1) is 9.10. The third-order valence-corrected chi connectivity index (χ3v) is 4.29. The fraction of sp³-hybridized carbons (Fsp3) is 0.625. The van der Waals surface area contributed by atoms with E-state index >= 15 is 0 Å². The lowest BCUT2D eigenvalue weighted by molar-refractivity contribution is 0.163. The molecule has 1 aliphatic rings. The number of piperidine rings is 1. The summed E-state index contributed by atoms with van der Waals surface area (Å²) in [5, 5.41) is 3.76. The minimum absolute atomic E-state index is 0.371. The van der Waals surface area contributed by atoms with Gasteiger partial charge in [0.2, 0.25) is 0 Å². The first-order valence-corrected chi connectivity index (χ1v) is 7.20. The van der Waals surface area contributed by atoms with Crippen molar-refractivity contribution >= 4 is 0 Å². The van der Waals surface area contributed by atoms with Gasteiger partial charge in [0.15, 0.2) is 0 Å². The van der Waals surface area contributed by atoms with Crippen molar-refractivity contribution in [3.05, 3.63) is 29.8 Å². The van der Waals surface area contributed by atoms with Crippen molar-refractivity contribution in [1.82, 2.24) is 10.2 Å². The summed E-state index contributed by atoms with van der Waals surface area (Å²) in [6.45, 7) is 5.73. The number of hydrogen-bond acceptors (Lipinski definition) is 3. The van der Waals surface area contributed by atoms with Crippen LogP contribution in [0.25, 0.3) is 0 Å². The Bertz CT molecular complexity index is 407. The molecule has 1 heterocycles. The molecule has 0 radical (unpaired) electrons. The molecule has 0 amide bonds. The molecule has 1 aromatic carbocycles. The van der Waals surface area contributed by atoms with Gasteiger partial charge >= 0.3 is 0 Å². The lowest BCUT2D eigenvalue weighted by Crippen LogP contribution is -2.46. The summed E-state index contributed by atoms with van der Waals surface area (Å²) < 4.78 is 5.29. The molecule has 3 nitrogen and oxygen atoms in total. The van der Waals surface area contributed by atoms with Crippen LogP contribution >= 0.6 is 0 Å². The summed E-state index contributed by atoms with van der Waals surface area (Å²) in [7, 11) is 3.93. The summed E-state index contributed by atoms with van der Waals surface area (Å²) in [5.41, 5.74) is 1.30. The Balaban J connectivity index is 1.95. The van der Waals surface area contributed by atoms with Crippen LogP contribution in [0.4, 0.5) is 0 Å². The Kier molecular flexibility index (Phi) is 4.83. The Labute approximate surface area is 116 Å². The van der Waals surface area contributed by atoms with Crippen LogP contribution in [0.15, 0.2) is 24.3 Å². The van der Waals surface area contributed by atoms with E-state index in [0.29, 0.717) is 18.1 Å². The second-order valence-electron chi connectivity index (χ2n) is 5.72. The van der Waals surface area contributed by atoms with Crippen LogP contribution in [0.5, 0.6) is 5.75 Å². The number of rotatable bonds is 4. The van der Waals surface area contributed by atoms with Crippen LogP contribution in [0.2, 0.25) is 0 Å². The predicted octanol–water partition coefficient (Wildman–Crippen LogP) is 2.83. The van der Waals surface area contributed by atoms with Crippen LogP contribution in [0.1, 0.15) is 38.3 Å². The summed E-state index contributed by atoms with van der Waals surface area (Å²) in [5.74, 6) is 0.933. The van der Waals surface area contributed by atoms with Crippen LogP contribution in [0, 0.1) is 0 Å². The number of nitrogens with one attached hydrogen (secondary N) is 1. The molecule has 0 saturated carbocycles. The predicted molar refractivity (Wildman–Crippen MR) is 79.7 cm³/mol. The molecule has 19 heavy (non-hydrogen) atoms. The maximum atomic E-state index is 5.29. The molecule has 2 unspecified atom stereocenters. The van der Waals surface area contributed by atoms with Gasteiger partial charge in [-0.2, -0.15) is 0 Å². The lowest BCUT2D eigenvalue weighted by atomic mass is 9.97. The molecule has 1 aliphatic heterocycles. The van der Waals surface area contributed by atoms with Gasteiger partial charge in [0.25, 0.3) is 0 Å². The summed E-state index contributed by atoms with van der Waals surface area (Å²) >= 11 is 0. The van der Waals surface area contributed by atoms with Crippen molar-refractivity contribution < 1.29 is 4.74 Å². The van der Waals surface area contributed by atoms with E-state index < -0.39 is 0 Å². The van der Waals surface area contributed by atoms with Crippen molar-refractivity contribution in [2.75, 3.05) is 20.7 Å². The molecule has 3 atom stereocenters. The SMILES string of the molecule is COc1cccc([C@H](C)NC2CCN(C)C(C)C2)c1. The topological polar surface area (TPSA) is 24.5 Å². The highest BCUT2D eigenvalue weighted by Gasteiger charge is 2.23. The van der Waals surface area contributed by atoms with Crippen molar-refractivity contribution in [2.45, 2.75) is 44.8 Å². The molecule has 1 aromatic rings. The maximum Gasteiger partial charge on any atom is 0.119 e. The smallest absolute Gasteiger partial charge is 0.119 e. The molecule has 0 spiro atoms. The van der Waals surface area contributed by atoms with Gasteiger partial charge in [-0.3, -0.25) is 0 Å². The van der Waals surface area contributed by atoms with E-state index in [1.807, 2.05) is 6.07 Å². The molecular formula is C16H26N2O. The lowest BCUT2D eigenvalue weighted by Gasteiger charge is -2.36. The zero-order valence-corrected chi connectivity index (χ0v) is 12.5. The van der Waals surface area contributed by atoms with Gasteiger partial charge in [0, 0.05) is 18.1 Å². The molecule has 1 fully saturated rings. The highest BCUT2D eigenvalue weighted by molar-refractivity contribution is 5.30. The van der Waals surface area contributed by atoms with Crippen LogP contribution < -0.4 is 10.1 Å². The van der Waals surface area contributed by atoms with E-state index in [-0.39, 0.29) is 0 Å². The summed E-state index contributed by atoms with van der Waals surface area (Å²) in [6, 6.07) is 10.00. The number of ether oxygens (including phenoxy) is 1. The van der Waals surface area contributed by atoms with Crippen LogP contribution in [-0.2, 0) is 0 Å². The van der Waals surface area contributed by atoms with Crippen LogP contribution in [-0.4, -0.2) is 37.7 Å². The number of hydrogen-bond donors (Lipinski definition) is 1. The second kappa shape index (κ2) is 6.40. The highest BCUT2D eigenvalue weighted by Crippen LogP contribution is 2.22. The van der Waals surface area contributed by atoms with Gasteiger partial charge in [-0.05, 0) is 58.0 Å². The third-order valence-electron chi connectivity index (χ3n) is 4.29.